The summed E-state index contributed by atoms with van der Waals surface area (Å²) < 4.78 is 1.74. The summed E-state index contributed by atoms with van der Waals surface area (Å²) in [6.45, 7) is 4.18. The first-order chi connectivity index (χ1) is 6.85. The summed E-state index contributed by atoms with van der Waals surface area (Å²) in [5.74, 6) is -0.112. The maximum atomic E-state index is 11.8. The molecule has 0 aliphatic heterocycles. The molecule has 0 bridgehead atoms. The fourth-order valence-electron chi connectivity index (χ4n) is 0.921. The molecule has 0 saturated heterocycles. The molecule has 92 valence electrons. The van der Waals surface area contributed by atoms with Crippen LogP contribution in [-0.2, 0) is 0 Å². The minimum absolute atomic E-state index is 0. The number of carbonyl (C=O) groups excluding carboxylic acids is 1. The highest BCUT2D eigenvalue weighted by Gasteiger charge is 2.21. The quantitative estimate of drug-likeness (QED) is 0.830. The van der Waals surface area contributed by atoms with Crippen LogP contribution >= 0.6 is 55.6 Å². The number of rotatable bonds is 3. The second kappa shape index (κ2) is 6.35. The highest BCUT2D eigenvalue weighted by atomic mass is 79.9. The maximum Gasteiger partial charge on any atom is 0.253 e. The molecule has 1 amide bonds. The van der Waals surface area contributed by atoms with Gasteiger partial charge in [-0.25, -0.2) is 0 Å². The predicted octanol–water partition coefficient (Wildman–Crippen LogP) is 3.16. The van der Waals surface area contributed by atoms with Gasteiger partial charge in [0, 0.05) is 12.1 Å². The van der Waals surface area contributed by atoms with Gasteiger partial charge in [-0.1, -0.05) is 0 Å². The number of amides is 1. The van der Waals surface area contributed by atoms with Crippen LogP contribution in [0.1, 0.15) is 24.2 Å². The van der Waals surface area contributed by atoms with E-state index < -0.39 is 0 Å². The lowest BCUT2D eigenvalue weighted by Gasteiger charge is -2.23. The topological polar surface area (TPSA) is 55.1 Å². The molecule has 3 N–H and O–H groups in total. The largest absolute Gasteiger partial charge is 0.346 e. The molecular formula is C9H13Br2ClN2OS. The summed E-state index contributed by atoms with van der Waals surface area (Å²) in [5.41, 5.74) is 5.79. The van der Waals surface area contributed by atoms with E-state index in [1.165, 1.54) is 11.3 Å². The van der Waals surface area contributed by atoms with E-state index in [0.29, 0.717) is 12.1 Å². The third kappa shape index (κ3) is 4.33. The summed E-state index contributed by atoms with van der Waals surface area (Å²) >= 11 is 8.15. The van der Waals surface area contributed by atoms with Gasteiger partial charge in [0.2, 0.25) is 0 Å². The molecule has 0 aliphatic carbocycles. The molecule has 0 fully saturated rings. The smallest absolute Gasteiger partial charge is 0.253 e. The number of nitrogens with one attached hydrogen (secondary N) is 1. The van der Waals surface area contributed by atoms with E-state index in [1.807, 2.05) is 13.8 Å². The molecule has 1 aromatic rings. The van der Waals surface area contributed by atoms with Gasteiger partial charge in [-0.2, -0.15) is 0 Å². The Kier molecular flexibility index (Phi) is 6.50. The van der Waals surface area contributed by atoms with E-state index in [2.05, 4.69) is 37.2 Å². The average Bonchev–Trinajstić information content (AvgIpc) is 2.45. The van der Waals surface area contributed by atoms with Crippen LogP contribution in [0, 0.1) is 0 Å². The lowest BCUT2D eigenvalue weighted by molar-refractivity contribution is 0.0915. The fourth-order valence-corrected chi connectivity index (χ4v) is 3.71. The minimum Gasteiger partial charge on any atom is -0.346 e. The molecular weight excluding hydrogens is 379 g/mol. The van der Waals surface area contributed by atoms with Gasteiger partial charge in [0.1, 0.15) is 0 Å². The van der Waals surface area contributed by atoms with E-state index in [1.54, 1.807) is 6.07 Å². The van der Waals surface area contributed by atoms with Crippen molar-refractivity contribution in [3.8, 4) is 0 Å². The van der Waals surface area contributed by atoms with Gasteiger partial charge in [-0.05, 0) is 51.8 Å². The average molecular weight is 393 g/mol. The second-order valence-electron chi connectivity index (χ2n) is 3.78. The van der Waals surface area contributed by atoms with E-state index in [4.69, 9.17) is 5.73 Å². The molecule has 0 aliphatic rings. The van der Waals surface area contributed by atoms with Crippen LogP contribution < -0.4 is 11.1 Å². The number of thiophene rings is 1. The van der Waals surface area contributed by atoms with Gasteiger partial charge < -0.3 is 11.1 Å². The molecule has 0 radical (unpaired) electrons. The van der Waals surface area contributed by atoms with Crippen LogP contribution in [0.5, 0.6) is 0 Å². The van der Waals surface area contributed by atoms with Gasteiger partial charge in [-0.15, -0.1) is 23.7 Å². The molecule has 1 rings (SSSR count). The number of hydrogen-bond donors (Lipinski definition) is 2. The zero-order valence-corrected chi connectivity index (χ0v) is 13.6. The fraction of sp³-hybridized carbons (Fsp3) is 0.444. The van der Waals surface area contributed by atoms with Crippen LogP contribution in [0.3, 0.4) is 0 Å². The normalized spacial score (nSPS) is 10.8. The van der Waals surface area contributed by atoms with Crippen LogP contribution in [-0.4, -0.2) is 18.0 Å². The molecule has 0 saturated carbocycles. The summed E-state index contributed by atoms with van der Waals surface area (Å²) in [6, 6.07) is 1.79. The Labute approximate surface area is 122 Å². The van der Waals surface area contributed by atoms with Crippen molar-refractivity contribution in [3.63, 3.8) is 0 Å². The van der Waals surface area contributed by atoms with Crippen molar-refractivity contribution >= 4 is 61.5 Å². The summed E-state index contributed by atoms with van der Waals surface area (Å²) in [6.07, 6.45) is 0. The van der Waals surface area contributed by atoms with Crippen molar-refractivity contribution in [3.05, 3.63) is 19.2 Å². The Morgan fingerprint density at radius 1 is 1.56 bits per heavy atom. The Balaban J connectivity index is 0.00000225. The zero-order chi connectivity index (χ0) is 11.6. The summed E-state index contributed by atoms with van der Waals surface area (Å²) in [4.78, 5) is 11.8. The van der Waals surface area contributed by atoms with Crippen molar-refractivity contribution in [2.75, 3.05) is 6.54 Å². The monoisotopic (exact) mass is 390 g/mol. The number of nitrogens with two attached hydrogens (primary N) is 1. The Morgan fingerprint density at radius 2 is 2.12 bits per heavy atom. The first kappa shape index (κ1) is 16.4. The van der Waals surface area contributed by atoms with Crippen LogP contribution in [0.15, 0.2) is 13.6 Å². The first-order valence-electron chi connectivity index (χ1n) is 4.33. The van der Waals surface area contributed by atoms with Gasteiger partial charge in [0.05, 0.1) is 13.1 Å². The second-order valence-corrected chi connectivity index (χ2v) is 7.53. The van der Waals surface area contributed by atoms with Crippen LogP contribution in [0.25, 0.3) is 0 Å². The van der Waals surface area contributed by atoms with Crippen molar-refractivity contribution in [2.45, 2.75) is 19.4 Å². The molecule has 0 atom stereocenters. The Bertz CT molecular complexity index is 382. The number of hydrogen-bond acceptors (Lipinski definition) is 3. The molecule has 7 heteroatoms. The predicted molar refractivity (Wildman–Crippen MR) is 77.6 cm³/mol. The SMILES string of the molecule is CC(C)(CN)NC(=O)c1cc(Br)sc1Br.Cl. The molecule has 0 aromatic carbocycles. The summed E-state index contributed by atoms with van der Waals surface area (Å²) in [5, 5.41) is 2.87. The molecule has 3 nitrogen and oxygen atoms in total. The van der Waals surface area contributed by atoms with Crippen molar-refractivity contribution in [1.82, 2.24) is 5.32 Å². The van der Waals surface area contributed by atoms with Crippen molar-refractivity contribution in [1.29, 1.82) is 0 Å². The van der Waals surface area contributed by atoms with Crippen molar-refractivity contribution < 1.29 is 4.79 Å². The van der Waals surface area contributed by atoms with Gasteiger partial charge in [-0.3, -0.25) is 4.79 Å². The molecule has 0 unspecified atom stereocenters. The molecule has 0 spiro atoms. The van der Waals surface area contributed by atoms with Crippen molar-refractivity contribution in [2.24, 2.45) is 5.73 Å². The minimum atomic E-state index is -0.384. The first-order valence-corrected chi connectivity index (χ1v) is 6.73. The van der Waals surface area contributed by atoms with E-state index in [-0.39, 0.29) is 23.9 Å². The lowest BCUT2D eigenvalue weighted by Crippen LogP contribution is -2.48. The van der Waals surface area contributed by atoms with E-state index >= 15 is 0 Å². The lowest BCUT2D eigenvalue weighted by atomic mass is 10.1. The molecule has 16 heavy (non-hydrogen) atoms. The third-order valence-electron chi connectivity index (χ3n) is 1.86. The standard InChI is InChI=1S/C9H12Br2N2OS.ClH/c1-9(2,4-12)13-8(14)5-3-6(10)15-7(5)11;/h3H,4,12H2,1-2H3,(H,13,14);1H. The maximum absolute atomic E-state index is 11.8. The van der Waals surface area contributed by atoms with E-state index in [0.717, 1.165) is 7.57 Å². The Hall–Kier alpha value is 0.380. The molecule has 1 heterocycles. The highest BCUT2D eigenvalue weighted by Crippen LogP contribution is 2.31. The van der Waals surface area contributed by atoms with Gasteiger partial charge in [0.15, 0.2) is 0 Å². The van der Waals surface area contributed by atoms with Gasteiger partial charge >= 0.3 is 0 Å². The van der Waals surface area contributed by atoms with Crippen LogP contribution in [0.4, 0.5) is 0 Å². The number of carbonyl (C=O) groups is 1. The highest BCUT2D eigenvalue weighted by molar-refractivity contribution is 9.12. The van der Waals surface area contributed by atoms with Crippen LogP contribution in [0.2, 0.25) is 0 Å². The third-order valence-corrected chi connectivity index (χ3v) is 4.20. The Morgan fingerprint density at radius 3 is 2.50 bits per heavy atom. The summed E-state index contributed by atoms with van der Waals surface area (Å²) in [7, 11) is 0. The van der Waals surface area contributed by atoms with Gasteiger partial charge in [0.25, 0.3) is 5.91 Å². The zero-order valence-electron chi connectivity index (χ0n) is 8.84. The van der Waals surface area contributed by atoms with E-state index in [9.17, 15) is 4.79 Å². The molecule has 1 aromatic heterocycles. The number of halogens is 3.